The van der Waals surface area contributed by atoms with Crippen molar-refractivity contribution < 1.29 is 9.90 Å². The predicted octanol–water partition coefficient (Wildman–Crippen LogP) is 1.18. The summed E-state index contributed by atoms with van der Waals surface area (Å²) < 4.78 is 0. The summed E-state index contributed by atoms with van der Waals surface area (Å²) in [5.41, 5.74) is 1.60. The number of anilines is 1. The molecule has 17 heavy (non-hydrogen) atoms. The van der Waals surface area contributed by atoms with E-state index in [4.69, 9.17) is 5.11 Å². The number of carboxylic acid groups (broad SMARTS) is 1. The van der Waals surface area contributed by atoms with Crippen LogP contribution in [-0.2, 0) is 4.79 Å². The Hall–Kier alpha value is -1.72. The van der Waals surface area contributed by atoms with E-state index in [9.17, 15) is 4.79 Å². The smallest absolute Gasteiger partial charge is 0.305 e. The van der Waals surface area contributed by atoms with Gasteiger partial charge in [-0.05, 0) is 27.7 Å². The minimum atomic E-state index is -0.826. The molecule has 0 radical (unpaired) electrons. The van der Waals surface area contributed by atoms with Crippen molar-refractivity contribution in [1.82, 2.24) is 15.2 Å². The van der Waals surface area contributed by atoms with E-state index in [2.05, 4.69) is 15.2 Å². The highest BCUT2D eigenvalue weighted by Crippen LogP contribution is 2.13. The van der Waals surface area contributed by atoms with Crippen LogP contribution >= 0.6 is 0 Å². The number of aryl methyl sites for hydroxylation is 2. The Labute approximate surface area is 101 Å². The van der Waals surface area contributed by atoms with Crippen molar-refractivity contribution in [1.29, 1.82) is 0 Å². The molecule has 1 atom stereocenters. The summed E-state index contributed by atoms with van der Waals surface area (Å²) >= 11 is 0. The van der Waals surface area contributed by atoms with Gasteiger partial charge < -0.3 is 10.0 Å². The van der Waals surface area contributed by atoms with Crippen molar-refractivity contribution >= 4 is 11.9 Å². The van der Waals surface area contributed by atoms with Gasteiger partial charge in [0.2, 0.25) is 5.95 Å². The monoisotopic (exact) mass is 238 g/mol. The van der Waals surface area contributed by atoms with Crippen LogP contribution in [-0.4, -0.2) is 38.8 Å². The maximum Gasteiger partial charge on any atom is 0.305 e. The lowest BCUT2D eigenvalue weighted by atomic mass is 10.2. The third-order valence-electron chi connectivity index (χ3n) is 2.68. The van der Waals surface area contributed by atoms with Crippen LogP contribution < -0.4 is 4.90 Å². The molecule has 0 aliphatic heterocycles. The lowest BCUT2D eigenvalue weighted by Crippen LogP contribution is -2.36. The van der Waals surface area contributed by atoms with Crippen LogP contribution in [0.3, 0.4) is 0 Å². The van der Waals surface area contributed by atoms with Crippen LogP contribution in [0.4, 0.5) is 5.95 Å². The van der Waals surface area contributed by atoms with Gasteiger partial charge in [-0.3, -0.25) is 4.79 Å². The van der Waals surface area contributed by atoms with Crippen molar-refractivity contribution in [2.75, 3.05) is 11.4 Å². The van der Waals surface area contributed by atoms with Crippen LogP contribution in [0.15, 0.2) is 0 Å². The van der Waals surface area contributed by atoms with E-state index in [-0.39, 0.29) is 12.5 Å². The molecule has 0 bridgehead atoms. The molecule has 1 N–H and O–H groups in total. The molecule has 1 aromatic rings. The zero-order valence-electron chi connectivity index (χ0n) is 10.6. The second-order valence-electron chi connectivity index (χ2n) is 4.02. The van der Waals surface area contributed by atoms with Gasteiger partial charge in [-0.25, -0.2) is 4.98 Å². The van der Waals surface area contributed by atoms with Crippen LogP contribution in [0.2, 0.25) is 0 Å². The Bertz CT molecular complexity index is 408. The molecule has 94 valence electrons. The van der Waals surface area contributed by atoms with Gasteiger partial charge in [0.05, 0.1) is 17.8 Å². The fourth-order valence-corrected chi connectivity index (χ4v) is 1.58. The summed E-state index contributed by atoms with van der Waals surface area (Å²) in [6, 6.07) is -0.151. The zero-order valence-corrected chi connectivity index (χ0v) is 10.6. The van der Waals surface area contributed by atoms with Gasteiger partial charge in [-0.2, -0.15) is 5.10 Å². The van der Waals surface area contributed by atoms with Crippen LogP contribution in [0.25, 0.3) is 0 Å². The number of nitrogens with zero attached hydrogens (tertiary/aromatic N) is 4. The molecule has 1 heterocycles. The standard InChI is InChI=1S/C11H18N4O2/c1-5-15(7(2)6-10(16)17)11-12-8(3)9(4)13-14-11/h7H,5-6H2,1-4H3,(H,16,17). The lowest BCUT2D eigenvalue weighted by Gasteiger charge is -2.26. The van der Waals surface area contributed by atoms with E-state index < -0.39 is 5.97 Å². The van der Waals surface area contributed by atoms with Crippen molar-refractivity contribution in [2.24, 2.45) is 0 Å². The number of rotatable bonds is 5. The van der Waals surface area contributed by atoms with Gasteiger partial charge in [-0.15, -0.1) is 5.10 Å². The Morgan fingerprint density at radius 3 is 2.47 bits per heavy atom. The average Bonchev–Trinajstić information content (AvgIpc) is 2.23. The van der Waals surface area contributed by atoms with E-state index in [1.165, 1.54) is 0 Å². The van der Waals surface area contributed by atoms with Gasteiger partial charge in [0.1, 0.15) is 0 Å². The number of hydrogen-bond donors (Lipinski definition) is 1. The number of carbonyl (C=O) groups is 1. The van der Waals surface area contributed by atoms with E-state index >= 15 is 0 Å². The molecule has 6 heteroatoms. The van der Waals surface area contributed by atoms with Crippen molar-refractivity contribution in [3.05, 3.63) is 11.4 Å². The highest BCUT2D eigenvalue weighted by atomic mass is 16.4. The van der Waals surface area contributed by atoms with Gasteiger partial charge in [0, 0.05) is 12.6 Å². The minimum absolute atomic E-state index is 0.0596. The Morgan fingerprint density at radius 1 is 1.35 bits per heavy atom. The van der Waals surface area contributed by atoms with Crippen molar-refractivity contribution in [2.45, 2.75) is 40.2 Å². The van der Waals surface area contributed by atoms with Crippen molar-refractivity contribution in [3.8, 4) is 0 Å². The summed E-state index contributed by atoms with van der Waals surface area (Å²) in [6.45, 7) is 8.14. The summed E-state index contributed by atoms with van der Waals surface area (Å²) in [5.74, 6) is -0.336. The second kappa shape index (κ2) is 5.56. The molecule has 0 saturated carbocycles. The Kier molecular flexibility index (Phi) is 4.37. The van der Waals surface area contributed by atoms with E-state index in [1.807, 2.05) is 32.6 Å². The maximum atomic E-state index is 10.7. The SMILES string of the molecule is CCN(c1nnc(C)c(C)n1)C(C)CC(=O)O. The number of hydrogen-bond acceptors (Lipinski definition) is 5. The first-order chi connectivity index (χ1) is 7.95. The second-order valence-corrected chi connectivity index (χ2v) is 4.02. The molecule has 0 aliphatic rings. The summed E-state index contributed by atoms with van der Waals surface area (Å²) in [5, 5.41) is 16.8. The average molecular weight is 238 g/mol. The summed E-state index contributed by atoms with van der Waals surface area (Å²) in [6.07, 6.45) is 0.0596. The van der Waals surface area contributed by atoms with E-state index in [0.717, 1.165) is 11.4 Å². The molecule has 1 rings (SSSR count). The molecule has 0 spiro atoms. The van der Waals surface area contributed by atoms with Gasteiger partial charge in [0.25, 0.3) is 0 Å². The molecule has 0 fully saturated rings. The fourth-order valence-electron chi connectivity index (χ4n) is 1.58. The molecule has 6 nitrogen and oxygen atoms in total. The van der Waals surface area contributed by atoms with Crippen molar-refractivity contribution in [3.63, 3.8) is 0 Å². The predicted molar refractivity (Wildman–Crippen MR) is 64.0 cm³/mol. The highest BCUT2D eigenvalue weighted by Gasteiger charge is 2.18. The number of aliphatic carboxylic acids is 1. The molecule has 1 aromatic heterocycles. The van der Waals surface area contributed by atoms with Gasteiger partial charge in [-0.1, -0.05) is 0 Å². The molecular formula is C11H18N4O2. The fraction of sp³-hybridized carbons (Fsp3) is 0.636. The molecule has 0 saturated heterocycles. The molecule has 0 aliphatic carbocycles. The first-order valence-corrected chi connectivity index (χ1v) is 5.62. The van der Waals surface area contributed by atoms with Crippen LogP contribution in [0.5, 0.6) is 0 Å². The lowest BCUT2D eigenvalue weighted by molar-refractivity contribution is -0.137. The first kappa shape index (κ1) is 13.3. The third-order valence-corrected chi connectivity index (χ3v) is 2.68. The van der Waals surface area contributed by atoms with Crippen LogP contribution in [0, 0.1) is 13.8 Å². The highest BCUT2D eigenvalue weighted by molar-refractivity contribution is 5.68. The summed E-state index contributed by atoms with van der Waals surface area (Å²) in [4.78, 5) is 16.9. The topological polar surface area (TPSA) is 79.2 Å². The maximum absolute atomic E-state index is 10.7. The quantitative estimate of drug-likeness (QED) is 0.829. The van der Waals surface area contributed by atoms with E-state index in [1.54, 1.807) is 0 Å². The minimum Gasteiger partial charge on any atom is -0.481 e. The molecule has 1 unspecified atom stereocenters. The van der Waals surface area contributed by atoms with E-state index in [0.29, 0.717) is 12.5 Å². The van der Waals surface area contributed by atoms with Gasteiger partial charge in [0.15, 0.2) is 0 Å². The normalized spacial score (nSPS) is 12.2. The Morgan fingerprint density at radius 2 is 2.00 bits per heavy atom. The Balaban J connectivity index is 2.92. The molecule has 0 amide bonds. The number of carboxylic acids is 1. The number of aromatic nitrogens is 3. The van der Waals surface area contributed by atoms with Crippen LogP contribution in [0.1, 0.15) is 31.7 Å². The first-order valence-electron chi connectivity index (χ1n) is 5.62. The largest absolute Gasteiger partial charge is 0.481 e. The third kappa shape index (κ3) is 3.37. The zero-order chi connectivity index (χ0) is 13.0. The molecular weight excluding hydrogens is 220 g/mol. The summed E-state index contributed by atoms with van der Waals surface area (Å²) in [7, 11) is 0. The molecule has 0 aromatic carbocycles. The van der Waals surface area contributed by atoms with Gasteiger partial charge >= 0.3 is 5.97 Å².